The van der Waals surface area contributed by atoms with Gasteiger partial charge >= 0.3 is 0 Å². The standard InChI is InChI=1S/C21H11ClO3/c22-18-16-12-6-2-1-5-11(12)9-10-15(16)25-21-17(18)19(23)13-7-3-4-8-14(13)20(21)24/h1-10,18H. The van der Waals surface area contributed by atoms with E-state index in [2.05, 4.69) is 0 Å². The average molecular weight is 347 g/mol. The maximum Gasteiger partial charge on any atom is 0.229 e. The summed E-state index contributed by atoms with van der Waals surface area (Å²) in [5.41, 5.74) is 1.71. The first-order chi connectivity index (χ1) is 12.2. The lowest BCUT2D eigenvalue weighted by molar-refractivity contribution is 0.0929. The van der Waals surface area contributed by atoms with Crippen LogP contribution in [0.2, 0.25) is 0 Å². The van der Waals surface area contributed by atoms with Gasteiger partial charge in [0.2, 0.25) is 5.78 Å². The number of ether oxygens (including phenoxy) is 1. The van der Waals surface area contributed by atoms with Gasteiger partial charge in [0, 0.05) is 16.7 Å². The van der Waals surface area contributed by atoms with E-state index in [0.29, 0.717) is 16.9 Å². The van der Waals surface area contributed by atoms with Gasteiger partial charge in [-0.2, -0.15) is 0 Å². The molecule has 0 N–H and O–H groups in total. The molecule has 3 aromatic rings. The summed E-state index contributed by atoms with van der Waals surface area (Å²) in [6.07, 6.45) is 0. The summed E-state index contributed by atoms with van der Waals surface area (Å²) < 4.78 is 5.88. The molecule has 3 nitrogen and oxygen atoms in total. The molecule has 120 valence electrons. The second kappa shape index (κ2) is 5.04. The number of Topliss-reactive ketones (excluding diaryl/α,β-unsaturated/α-hetero) is 2. The third-order valence-electron chi connectivity index (χ3n) is 4.76. The van der Waals surface area contributed by atoms with Crippen LogP contribution in [0.1, 0.15) is 31.7 Å². The SMILES string of the molecule is O=C1C2=C(C(=O)c3ccccc31)C(Cl)c1c(ccc3ccccc13)O2. The van der Waals surface area contributed by atoms with Crippen LogP contribution in [0, 0.1) is 0 Å². The van der Waals surface area contributed by atoms with Crippen LogP contribution in [0.4, 0.5) is 0 Å². The lowest BCUT2D eigenvalue weighted by Gasteiger charge is -2.30. The third kappa shape index (κ3) is 1.87. The number of rotatable bonds is 0. The number of allylic oxidation sites excluding steroid dienone is 2. The van der Waals surface area contributed by atoms with Crippen molar-refractivity contribution in [1.82, 2.24) is 0 Å². The Balaban J connectivity index is 1.78. The van der Waals surface area contributed by atoms with Crippen LogP contribution < -0.4 is 4.74 Å². The fourth-order valence-corrected chi connectivity index (χ4v) is 4.01. The second-order valence-electron chi connectivity index (χ2n) is 6.11. The second-order valence-corrected chi connectivity index (χ2v) is 6.55. The van der Waals surface area contributed by atoms with Crippen LogP contribution in [-0.2, 0) is 0 Å². The molecule has 0 saturated carbocycles. The van der Waals surface area contributed by atoms with Gasteiger partial charge in [0.1, 0.15) is 5.75 Å². The van der Waals surface area contributed by atoms with Gasteiger partial charge in [0.25, 0.3) is 0 Å². The summed E-state index contributed by atoms with van der Waals surface area (Å²) in [5, 5.41) is 1.20. The van der Waals surface area contributed by atoms with E-state index < -0.39 is 5.38 Å². The maximum atomic E-state index is 13.0. The van der Waals surface area contributed by atoms with Gasteiger partial charge < -0.3 is 4.74 Å². The molecule has 5 rings (SSSR count). The number of fused-ring (bicyclic) bond motifs is 4. The molecular weight excluding hydrogens is 336 g/mol. The highest BCUT2D eigenvalue weighted by Crippen LogP contribution is 2.48. The minimum Gasteiger partial charge on any atom is -0.452 e. The monoisotopic (exact) mass is 346 g/mol. The van der Waals surface area contributed by atoms with Gasteiger partial charge in [0.15, 0.2) is 11.5 Å². The Labute approximate surface area is 148 Å². The van der Waals surface area contributed by atoms with E-state index in [9.17, 15) is 9.59 Å². The summed E-state index contributed by atoms with van der Waals surface area (Å²) >= 11 is 6.72. The van der Waals surface area contributed by atoms with E-state index in [1.165, 1.54) is 0 Å². The van der Waals surface area contributed by atoms with Crippen molar-refractivity contribution in [3.05, 3.63) is 88.7 Å². The minimum atomic E-state index is -0.727. The van der Waals surface area contributed by atoms with Gasteiger partial charge in [-0.3, -0.25) is 9.59 Å². The van der Waals surface area contributed by atoms with Crippen molar-refractivity contribution >= 4 is 33.9 Å². The van der Waals surface area contributed by atoms with E-state index in [1.54, 1.807) is 30.3 Å². The number of ketones is 2. The van der Waals surface area contributed by atoms with Crippen LogP contribution in [0.3, 0.4) is 0 Å². The molecule has 1 aliphatic carbocycles. The Hall–Kier alpha value is -2.91. The maximum absolute atomic E-state index is 13.0. The van der Waals surface area contributed by atoms with E-state index >= 15 is 0 Å². The molecule has 0 saturated heterocycles. The van der Waals surface area contributed by atoms with Gasteiger partial charge in [-0.05, 0) is 16.8 Å². The Morgan fingerprint density at radius 1 is 0.800 bits per heavy atom. The smallest absolute Gasteiger partial charge is 0.229 e. The summed E-state index contributed by atoms with van der Waals surface area (Å²) in [7, 11) is 0. The van der Waals surface area contributed by atoms with Crippen molar-refractivity contribution in [3.8, 4) is 5.75 Å². The van der Waals surface area contributed by atoms with Gasteiger partial charge in [-0.15, -0.1) is 11.6 Å². The molecule has 1 aliphatic heterocycles. The van der Waals surface area contributed by atoms with Crippen molar-refractivity contribution in [1.29, 1.82) is 0 Å². The summed E-state index contributed by atoms with van der Waals surface area (Å²) in [6, 6.07) is 18.3. The predicted molar refractivity (Wildman–Crippen MR) is 95.3 cm³/mol. The molecule has 0 radical (unpaired) electrons. The number of hydrogen-bond donors (Lipinski definition) is 0. The Morgan fingerprint density at radius 3 is 2.28 bits per heavy atom. The highest BCUT2D eigenvalue weighted by atomic mass is 35.5. The summed E-state index contributed by atoms with van der Waals surface area (Å²) in [5.74, 6) is 0.0305. The molecule has 0 fully saturated rings. The lowest BCUT2D eigenvalue weighted by Crippen LogP contribution is -2.29. The van der Waals surface area contributed by atoms with Crippen LogP contribution in [0.5, 0.6) is 5.75 Å². The van der Waals surface area contributed by atoms with Gasteiger partial charge in [-0.1, -0.05) is 54.6 Å². The molecular formula is C21H11ClO3. The molecule has 0 aromatic heterocycles. The quantitative estimate of drug-likeness (QED) is 0.547. The van der Waals surface area contributed by atoms with Crippen LogP contribution in [0.25, 0.3) is 10.8 Å². The molecule has 25 heavy (non-hydrogen) atoms. The first-order valence-electron chi connectivity index (χ1n) is 7.93. The molecule has 1 unspecified atom stereocenters. The molecule has 0 bridgehead atoms. The number of hydrogen-bond acceptors (Lipinski definition) is 3. The molecule has 1 atom stereocenters. The van der Waals surface area contributed by atoms with Crippen molar-refractivity contribution in [2.45, 2.75) is 5.38 Å². The zero-order valence-corrected chi connectivity index (χ0v) is 13.7. The topological polar surface area (TPSA) is 43.4 Å². The number of alkyl halides is 1. The third-order valence-corrected chi connectivity index (χ3v) is 5.20. The highest BCUT2D eigenvalue weighted by molar-refractivity contribution is 6.34. The minimum absolute atomic E-state index is 0.0477. The van der Waals surface area contributed by atoms with Gasteiger partial charge in [-0.25, -0.2) is 0 Å². The van der Waals surface area contributed by atoms with Crippen LogP contribution in [-0.4, -0.2) is 11.6 Å². The van der Waals surface area contributed by atoms with Crippen molar-refractivity contribution in [3.63, 3.8) is 0 Å². The Morgan fingerprint density at radius 2 is 1.48 bits per heavy atom. The Kier molecular flexibility index (Phi) is 2.91. The van der Waals surface area contributed by atoms with E-state index in [-0.39, 0.29) is 22.9 Å². The van der Waals surface area contributed by atoms with Crippen LogP contribution >= 0.6 is 11.6 Å². The normalized spacial score (nSPS) is 18.5. The first-order valence-corrected chi connectivity index (χ1v) is 8.36. The molecule has 2 aliphatic rings. The molecule has 4 heteroatoms. The fraction of sp³-hybridized carbons (Fsp3) is 0.0476. The summed E-state index contributed by atoms with van der Waals surface area (Å²) in [6.45, 7) is 0. The van der Waals surface area contributed by atoms with E-state index in [4.69, 9.17) is 16.3 Å². The number of carbonyl (C=O) groups excluding carboxylic acids is 2. The van der Waals surface area contributed by atoms with Crippen molar-refractivity contribution in [2.75, 3.05) is 0 Å². The molecule has 3 aromatic carbocycles. The molecule has 0 amide bonds. The fourth-order valence-electron chi connectivity index (χ4n) is 3.58. The summed E-state index contributed by atoms with van der Waals surface area (Å²) in [4.78, 5) is 25.8. The molecule has 1 heterocycles. The van der Waals surface area contributed by atoms with Crippen molar-refractivity contribution < 1.29 is 14.3 Å². The molecule has 0 spiro atoms. The predicted octanol–water partition coefficient (Wildman–Crippen LogP) is 4.85. The zero-order chi connectivity index (χ0) is 17.1. The number of halogens is 1. The average Bonchev–Trinajstić information content (AvgIpc) is 2.65. The lowest BCUT2D eigenvalue weighted by atomic mass is 9.83. The van der Waals surface area contributed by atoms with Gasteiger partial charge in [0.05, 0.1) is 11.0 Å². The van der Waals surface area contributed by atoms with Crippen LogP contribution in [0.15, 0.2) is 72.0 Å². The Bertz CT molecular complexity index is 1130. The van der Waals surface area contributed by atoms with Crippen molar-refractivity contribution in [2.24, 2.45) is 0 Å². The van der Waals surface area contributed by atoms with E-state index in [0.717, 1.165) is 16.3 Å². The largest absolute Gasteiger partial charge is 0.452 e. The highest BCUT2D eigenvalue weighted by Gasteiger charge is 2.41. The number of carbonyl (C=O) groups is 2. The zero-order valence-electron chi connectivity index (χ0n) is 13.0. The van der Waals surface area contributed by atoms with E-state index in [1.807, 2.05) is 30.3 Å². The first kappa shape index (κ1) is 14.4. The number of benzene rings is 3.